The molecule has 25 heavy (non-hydrogen) atoms. The van der Waals surface area contributed by atoms with Crippen LogP contribution in [0.4, 0.5) is 0 Å². The summed E-state index contributed by atoms with van der Waals surface area (Å²) in [4.78, 5) is 23.9. The summed E-state index contributed by atoms with van der Waals surface area (Å²) < 4.78 is 0. The van der Waals surface area contributed by atoms with Gasteiger partial charge in [0, 0.05) is 29.0 Å². The Morgan fingerprint density at radius 3 is 2.48 bits per heavy atom. The molecule has 3 nitrogen and oxygen atoms in total. The van der Waals surface area contributed by atoms with Crippen LogP contribution in [0, 0.1) is 0 Å². The normalized spacial score (nSPS) is 10.5. The predicted molar refractivity (Wildman–Crippen MR) is 105 cm³/mol. The van der Waals surface area contributed by atoms with Gasteiger partial charge in [-0.3, -0.25) is 9.59 Å². The van der Waals surface area contributed by atoms with E-state index in [2.05, 4.69) is 5.32 Å². The maximum Gasteiger partial charge on any atom is 0.216 e. The lowest BCUT2D eigenvalue weighted by atomic mass is 10.1. The van der Waals surface area contributed by atoms with Crippen LogP contribution in [0.25, 0.3) is 0 Å². The summed E-state index contributed by atoms with van der Waals surface area (Å²) in [6.45, 7) is 2.17. The molecule has 0 unspecified atom stereocenters. The van der Waals surface area contributed by atoms with E-state index < -0.39 is 0 Å². The third kappa shape index (κ3) is 6.73. The van der Waals surface area contributed by atoms with Crippen LogP contribution in [0.1, 0.15) is 29.3 Å². The molecule has 0 saturated carbocycles. The summed E-state index contributed by atoms with van der Waals surface area (Å²) >= 11 is 13.4. The summed E-state index contributed by atoms with van der Waals surface area (Å²) in [5, 5.41) is 3.96. The van der Waals surface area contributed by atoms with E-state index in [0.717, 1.165) is 23.3 Å². The molecule has 132 valence electrons. The minimum atomic E-state index is -0.0155. The Labute approximate surface area is 162 Å². The SMILES string of the molecule is CC(=O)NCCCc1ccc(C(=O)CSc2cc(Cl)ccc2Cl)cc1. The van der Waals surface area contributed by atoms with Gasteiger partial charge in [-0.15, -0.1) is 11.8 Å². The molecule has 0 radical (unpaired) electrons. The Hall–Kier alpha value is -1.49. The molecular weight excluding hydrogens is 377 g/mol. The Morgan fingerprint density at radius 1 is 1.08 bits per heavy atom. The standard InChI is InChI=1S/C19H19Cl2NO2S/c1-13(23)22-10-2-3-14-4-6-15(7-5-14)18(24)12-25-19-11-16(20)8-9-17(19)21/h4-9,11H,2-3,10,12H2,1H3,(H,22,23). The topological polar surface area (TPSA) is 46.2 Å². The first kappa shape index (κ1) is 19.8. The maximum atomic E-state index is 12.3. The van der Waals surface area contributed by atoms with Gasteiger partial charge >= 0.3 is 0 Å². The number of ketones is 1. The second-order valence-corrected chi connectivity index (χ2v) is 7.43. The number of hydrogen-bond acceptors (Lipinski definition) is 3. The molecule has 0 atom stereocenters. The first-order chi connectivity index (χ1) is 12.0. The molecule has 1 N–H and O–H groups in total. The van der Waals surface area contributed by atoms with Gasteiger partial charge in [0.1, 0.15) is 0 Å². The molecule has 0 spiro atoms. The highest BCUT2D eigenvalue weighted by Gasteiger charge is 2.09. The minimum absolute atomic E-state index is 0.0155. The Morgan fingerprint density at radius 2 is 1.80 bits per heavy atom. The van der Waals surface area contributed by atoms with Crippen molar-refractivity contribution in [1.82, 2.24) is 5.32 Å². The highest BCUT2D eigenvalue weighted by Crippen LogP contribution is 2.30. The second-order valence-electron chi connectivity index (χ2n) is 5.57. The summed E-state index contributed by atoms with van der Waals surface area (Å²) in [7, 11) is 0. The molecule has 0 aliphatic rings. The van der Waals surface area contributed by atoms with Gasteiger partial charge in [-0.25, -0.2) is 0 Å². The quantitative estimate of drug-likeness (QED) is 0.386. The van der Waals surface area contributed by atoms with Crippen LogP contribution in [0.5, 0.6) is 0 Å². The molecule has 0 saturated heterocycles. The van der Waals surface area contributed by atoms with E-state index in [1.165, 1.54) is 18.7 Å². The smallest absolute Gasteiger partial charge is 0.216 e. The van der Waals surface area contributed by atoms with E-state index in [9.17, 15) is 9.59 Å². The number of rotatable bonds is 8. The molecule has 6 heteroatoms. The summed E-state index contributed by atoms with van der Waals surface area (Å²) in [5.74, 6) is 0.339. The van der Waals surface area contributed by atoms with Crippen molar-refractivity contribution in [2.24, 2.45) is 0 Å². The van der Waals surface area contributed by atoms with Crippen molar-refractivity contribution in [3.8, 4) is 0 Å². The number of amides is 1. The zero-order valence-electron chi connectivity index (χ0n) is 13.9. The second kappa shape index (κ2) is 9.85. The van der Waals surface area contributed by atoms with Gasteiger partial charge in [0.25, 0.3) is 0 Å². The van der Waals surface area contributed by atoms with Crippen molar-refractivity contribution >= 4 is 46.7 Å². The van der Waals surface area contributed by atoms with E-state index >= 15 is 0 Å². The Balaban J connectivity index is 1.85. The lowest BCUT2D eigenvalue weighted by molar-refractivity contribution is -0.118. The fourth-order valence-electron chi connectivity index (χ4n) is 2.23. The largest absolute Gasteiger partial charge is 0.356 e. The van der Waals surface area contributed by atoms with Gasteiger partial charge in [0.05, 0.1) is 10.8 Å². The monoisotopic (exact) mass is 395 g/mol. The van der Waals surface area contributed by atoms with Gasteiger partial charge in [-0.05, 0) is 36.6 Å². The van der Waals surface area contributed by atoms with Gasteiger partial charge in [0.15, 0.2) is 5.78 Å². The van der Waals surface area contributed by atoms with Crippen molar-refractivity contribution in [3.05, 3.63) is 63.6 Å². The third-order valence-corrected chi connectivity index (χ3v) is 5.28. The van der Waals surface area contributed by atoms with Gasteiger partial charge in [-0.2, -0.15) is 0 Å². The Bertz CT molecular complexity index is 748. The molecule has 1 amide bonds. The van der Waals surface area contributed by atoms with Crippen LogP contribution >= 0.6 is 35.0 Å². The molecule has 0 bridgehead atoms. The van der Waals surface area contributed by atoms with Crippen molar-refractivity contribution in [2.75, 3.05) is 12.3 Å². The summed E-state index contributed by atoms with van der Waals surface area (Å²) in [6, 6.07) is 12.8. The zero-order chi connectivity index (χ0) is 18.2. The minimum Gasteiger partial charge on any atom is -0.356 e. The number of carbonyl (C=O) groups excluding carboxylic acids is 2. The fourth-order valence-corrected chi connectivity index (χ4v) is 3.62. The average Bonchev–Trinajstić information content (AvgIpc) is 2.59. The van der Waals surface area contributed by atoms with Crippen LogP contribution in [-0.4, -0.2) is 24.0 Å². The Kier molecular flexibility index (Phi) is 7.82. The van der Waals surface area contributed by atoms with Crippen molar-refractivity contribution in [3.63, 3.8) is 0 Å². The molecule has 2 aromatic rings. The summed E-state index contributed by atoms with van der Waals surface area (Å²) in [6.07, 6.45) is 1.73. The first-order valence-electron chi connectivity index (χ1n) is 7.90. The lowest BCUT2D eigenvalue weighted by Crippen LogP contribution is -2.21. The van der Waals surface area contributed by atoms with E-state index in [1.54, 1.807) is 18.2 Å². The number of aryl methyl sites for hydroxylation is 1. The van der Waals surface area contributed by atoms with Gasteiger partial charge in [0.2, 0.25) is 5.91 Å². The number of benzene rings is 2. The van der Waals surface area contributed by atoms with Gasteiger partial charge < -0.3 is 5.32 Å². The third-order valence-electron chi connectivity index (χ3n) is 3.54. The maximum absolute atomic E-state index is 12.3. The van der Waals surface area contributed by atoms with Crippen molar-refractivity contribution in [1.29, 1.82) is 0 Å². The molecule has 0 aliphatic carbocycles. The zero-order valence-corrected chi connectivity index (χ0v) is 16.2. The molecule has 0 aliphatic heterocycles. The van der Waals surface area contributed by atoms with Crippen LogP contribution in [0.2, 0.25) is 10.0 Å². The lowest BCUT2D eigenvalue weighted by Gasteiger charge is -2.06. The molecule has 0 fully saturated rings. The van der Waals surface area contributed by atoms with Gasteiger partial charge in [-0.1, -0.05) is 47.5 Å². The van der Waals surface area contributed by atoms with E-state index in [4.69, 9.17) is 23.2 Å². The van der Waals surface area contributed by atoms with Crippen LogP contribution in [0.15, 0.2) is 47.4 Å². The number of nitrogens with one attached hydrogen (secondary N) is 1. The molecular formula is C19H19Cl2NO2S. The van der Waals surface area contributed by atoms with Crippen LogP contribution < -0.4 is 5.32 Å². The van der Waals surface area contributed by atoms with Crippen LogP contribution in [-0.2, 0) is 11.2 Å². The number of hydrogen-bond donors (Lipinski definition) is 1. The number of carbonyl (C=O) groups is 2. The average molecular weight is 396 g/mol. The molecule has 2 rings (SSSR count). The molecule has 0 heterocycles. The number of Topliss-reactive ketones (excluding diaryl/α,β-unsaturated/α-hetero) is 1. The molecule has 2 aromatic carbocycles. The fraction of sp³-hybridized carbons (Fsp3) is 0.263. The number of thioether (sulfide) groups is 1. The van der Waals surface area contributed by atoms with E-state index in [-0.39, 0.29) is 11.7 Å². The highest BCUT2D eigenvalue weighted by molar-refractivity contribution is 8.00. The van der Waals surface area contributed by atoms with Crippen LogP contribution in [0.3, 0.4) is 0 Å². The van der Waals surface area contributed by atoms with E-state index in [1.807, 2.05) is 24.3 Å². The van der Waals surface area contributed by atoms with E-state index in [0.29, 0.717) is 27.9 Å². The number of halogens is 2. The highest BCUT2D eigenvalue weighted by atomic mass is 35.5. The molecule has 0 aromatic heterocycles. The van der Waals surface area contributed by atoms with Crippen molar-refractivity contribution in [2.45, 2.75) is 24.7 Å². The predicted octanol–water partition coefficient (Wildman–Crippen LogP) is 5.04. The summed E-state index contributed by atoms with van der Waals surface area (Å²) in [5.41, 5.74) is 1.82. The first-order valence-corrected chi connectivity index (χ1v) is 9.64. The van der Waals surface area contributed by atoms with Crippen molar-refractivity contribution < 1.29 is 9.59 Å².